The van der Waals surface area contributed by atoms with E-state index in [1.54, 1.807) is 20.9 Å². The normalized spacial score (nSPS) is 30.1. The molecule has 1 heteroatoms. The van der Waals surface area contributed by atoms with E-state index in [0.29, 0.717) is 0 Å². The van der Waals surface area contributed by atoms with Gasteiger partial charge in [-0.15, -0.1) is 11.3 Å². The summed E-state index contributed by atoms with van der Waals surface area (Å²) < 4.78 is 0. The molecule has 76 valence electrons. The van der Waals surface area contributed by atoms with Crippen LogP contribution in [-0.4, -0.2) is 0 Å². The molecule has 2 unspecified atom stereocenters. The highest BCUT2D eigenvalue weighted by atomic mass is 32.1. The molecule has 3 rings (SSSR count). The number of thiophene rings is 1. The van der Waals surface area contributed by atoms with Crippen LogP contribution in [-0.2, 0) is 6.42 Å². The van der Waals surface area contributed by atoms with Crippen LogP contribution in [0.5, 0.6) is 0 Å². The predicted octanol–water partition coefficient (Wildman–Crippen LogP) is 4.19. The molecule has 1 fully saturated rings. The van der Waals surface area contributed by atoms with E-state index in [1.807, 2.05) is 11.3 Å². The zero-order valence-corrected chi connectivity index (χ0v) is 9.91. The maximum atomic E-state index is 2.33. The number of hydrogen-bond donors (Lipinski definition) is 0. The Labute approximate surface area is 90.3 Å². The molecule has 14 heavy (non-hydrogen) atoms. The van der Waals surface area contributed by atoms with Crippen molar-refractivity contribution >= 4 is 11.3 Å². The summed E-state index contributed by atoms with van der Waals surface area (Å²) in [4.78, 5) is 3.22. The van der Waals surface area contributed by atoms with E-state index in [2.05, 4.69) is 13.8 Å². The van der Waals surface area contributed by atoms with Crippen molar-refractivity contribution in [2.24, 2.45) is 5.92 Å². The minimum absolute atomic E-state index is 0.948. The average Bonchev–Trinajstić information content (AvgIpc) is 2.66. The van der Waals surface area contributed by atoms with Crippen molar-refractivity contribution < 1.29 is 0 Å². The van der Waals surface area contributed by atoms with Crippen molar-refractivity contribution in [3.8, 4) is 0 Å². The molecule has 0 aromatic carbocycles. The highest BCUT2D eigenvalue weighted by Gasteiger charge is 2.37. The molecule has 0 radical (unpaired) electrons. The second kappa shape index (κ2) is 3.10. The third kappa shape index (κ3) is 1.11. The van der Waals surface area contributed by atoms with Crippen molar-refractivity contribution in [2.75, 3.05) is 0 Å². The molecule has 0 N–H and O–H groups in total. The van der Waals surface area contributed by atoms with Crippen molar-refractivity contribution in [1.82, 2.24) is 0 Å². The van der Waals surface area contributed by atoms with Crippen molar-refractivity contribution in [3.05, 3.63) is 20.9 Å². The molecule has 2 aliphatic rings. The molecule has 0 aliphatic heterocycles. The van der Waals surface area contributed by atoms with Crippen LogP contribution in [0.4, 0.5) is 0 Å². The van der Waals surface area contributed by atoms with Gasteiger partial charge in [0.05, 0.1) is 0 Å². The lowest BCUT2D eigenvalue weighted by molar-refractivity contribution is 0.330. The summed E-state index contributed by atoms with van der Waals surface area (Å²) in [7, 11) is 0. The molecule has 1 saturated carbocycles. The monoisotopic (exact) mass is 206 g/mol. The number of fused-ring (bicyclic) bond motifs is 3. The standard InChI is InChI=1S/C13H18S/c1-8-12-7-10-5-3-4-6-11(10)13(12)9(2)14-8/h10-11H,3-7H2,1-2H3. The average molecular weight is 206 g/mol. The summed E-state index contributed by atoms with van der Waals surface area (Å²) in [5.41, 5.74) is 3.52. The summed E-state index contributed by atoms with van der Waals surface area (Å²) in [6.45, 7) is 4.64. The Balaban J connectivity index is 2.06. The van der Waals surface area contributed by atoms with Crippen LogP contribution < -0.4 is 0 Å². The highest BCUT2D eigenvalue weighted by Crippen LogP contribution is 2.50. The van der Waals surface area contributed by atoms with Gasteiger partial charge in [-0.2, -0.15) is 0 Å². The van der Waals surface area contributed by atoms with E-state index in [0.717, 1.165) is 11.8 Å². The summed E-state index contributed by atoms with van der Waals surface area (Å²) in [5, 5.41) is 0. The molecule has 0 amide bonds. The van der Waals surface area contributed by atoms with Crippen LogP contribution in [0.1, 0.15) is 52.5 Å². The Bertz CT molecular complexity index is 362. The smallest absolute Gasteiger partial charge is 0.00548 e. The Morgan fingerprint density at radius 1 is 1.07 bits per heavy atom. The Morgan fingerprint density at radius 2 is 1.86 bits per heavy atom. The second-order valence-corrected chi connectivity index (χ2v) is 6.39. The third-order valence-corrected chi connectivity index (χ3v) is 5.26. The minimum Gasteiger partial charge on any atom is -0.145 e. The summed E-state index contributed by atoms with van der Waals surface area (Å²) in [6, 6.07) is 0. The lowest BCUT2D eigenvalue weighted by atomic mass is 9.80. The molecule has 0 nitrogen and oxygen atoms in total. The van der Waals surface area contributed by atoms with Gasteiger partial charge >= 0.3 is 0 Å². The zero-order valence-electron chi connectivity index (χ0n) is 9.10. The second-order valence-electron chi connectivity index (χ2n) is 4.96. The van der Waals surface area contributed by atoms with E-state index in [4.69, 9.17) is 0 Å². The van der Waals surface area contributed by atoms with E-state index >= 15 is 0 Å². The molecule has 2 aliphatic carbocycles. The first-order valence-corrected chi connectivity index (χ1v) is 6.68. The fraction of sp³-hybridized carbons (Fsp3) is 0.692. The maximum absolute atomic E-state index is 2.33. The molecule has 1 aromatic heterocycles. The zero-order chi connectivity index (χ0) is 9.71. The van der Waals surface area contributed by atoms with Crippen molar-refractivity contribution in [2.45, 2.75) is 51.9 Å². The van der Waals surface area contributed by atoms with Crippen LogP contribution in [0.3, 0.4) is 0 Å². The lowest BCUT2D eigenvalue weighted by Gasteiger charge is -2.25. The largest absolute Gasteiger partial charge is 0.145 e. The Hall–Kier alpha value is -0.300. The number of rotatable bonds is 0. The molecular formula is C13H18S. The van der Waals surface area contributed by atoms with E-state index in [1.165, 1.54) is 32.1 Å². The molecule has 0 bridgehead atoms. The molecule has 1 heterocycles. The topological polar surface area (TPSA) is 0 Å². The van der Waals surface area contributed by atoms with Gasteiger partial charge in [0.25, 0.3) is 0 Å². The Kier molecular flexibility index (Phi) is 1.98. The van der Waals surface area contributed by atoms with Crippen LogP contribution in [0.2, 0.25) is 0 Å². The lowest BCUT2D eigenvalue weighted by Crippen LogP contribution is -2.13. The molecule has 1 aromatic rings. The molecule has 0 spiro atoms. The van der Waals surface area contributed by atoms with Gasteiger partial charge in [-0.25, -0.2) is 0 Å². The Morgan fingerprint density at radius 3 is 2.71 bits per heavy atom. The van der Waals surface area contributed by atoms with E-state index in [-0.39, 0.29) is 0 Å². The van der Waals surface area contributed by atoms with Crippen LogP contribution in [0.25, 0.3) is 0 Å². The first-order chi connectivity index (χ1) is 6.77. The summed E-state index contributed by atoms with van der Waals surface area (Å²) in [6.07, 6.45) is 7.30. The van der Waals surface area contributed by atoms with Gasteiger partial charge in [0.2, 0.25) is 0 Å². The third-order valence-electron chi connectivity index (χ3n) is 4.18. The van der Waals surface area contributed by atoms with Gasteiger partial charge in [0, 0.05) is 9.75 Å². The molecular weight excluding hydrogens is 188 g/mol. The van der Waals surface area contributed by atoms with Gasteiger partial charge in [0.15, 0.2) is 0 Å². The maximum Gasteiger partial charge on any atom is 0.00548 e. The van der Waals surface area contributed by atoms with Gasteiger partial charge in [0.1, 0.15) is 0 Å². The first kappa shape index (κ1) is 8.96. The predicted molar refractivity (Wildman–Crippen MR) is 62.2 cm³/mol. The molecule has 2 atom stereocenters. The van der Waals surface area contributed by atoms with Gasteiger partial charge in [-0.05, 0) is 56.1 Å². The SMILES string of the molecule is Cc1sc(C)c2c1CC1CCCCC21. The van der Waals surface area contributed by atoms with Crippen LogP contribution in [0.15, 0.2) is 0 Å². The quantitative estimate of drug-likeness (QED) is 0.597. The van der Waals surface area contributed by atoms with Gasteiger partial charge in [-0.1, -0.05) is 12.8 Å². The minimum atomic E-state index is 0.948. The van der Waals surface area contributed by atoms with Crippen molar-refractivity contribution in [1.29, 1.82) is 0 Å². The number of aryl methyl sites for hydroxylation is 2. The number of hydrogen-bond acceptors (Lipinski definition) is 1. The fourth-order valence-electron chi connectivity index (χ4n) is 3.58. The fourth-order valence-corrected chi connectivity index (χ4v) is 4.74. The van der Waals surface area contributed by atoms with Crippen LogP contribution in [0, 0.1) is 19.8 Å². The molecule has 0 saturated heterocycles. The van der Waals surface area contributed by atoms with Gasteiger partial charge < -0.3 is 0 Å². The first-order valence-electron chi connectivity index (χ1n) is 5.86. The summed E-state index contributed by atoms with van der Waals surface area (Å²) in [5.74, 6) is 1.96. The van der Waals surface area contributed by atoms with Crippen LogP contribution >= 0.6 is 11.3 Å². The summed E-state index contributed by atoms with van der Waals surface area (Å²) >= 11 is 2.03. The highest BCUT2D eigenvalue weighted by molar-refractivity contribution is 7.12. The van der Waals surface area contributed by atoms with Crippen molar-refractivity contribution in [3.63, 3.8) is 0 Å². The van der Waals surface area contributed by atoms with Gasteiger partial charge in [-0.3, -0.25) is 0 Å². The van der Waals surface area contributed by atoms with E-state index < -0.39 is 0 Å². The van der Waals surface area contributed by atoms with E-state index in [9.17, 15) is 0 Å².